The third kappa shape index (κ3) is 2.26. The highest BCUT2D eigenvalue weighted by Crippen LogP contribution is 2.52. The van der Waals surface area contributed by atoms with Gasteiger partial charge in [-0.05, 0) is 42.2 Å². The van der Waals surface area contributed by atoms with E-state index in [2.05, 4.69) is 30.7 Å². The summed E-state index contributed by atoms with van der Waals surface area (Å²) in [5.41, 5.74) is 1.42. The lowest BCUT2D eigenvalue weighted by Gasteiger charge is -2.39. The Bertz CT molecular complexity index is 497. The predicted octanol–water partition coefficient (Wildman–Crippen LogP) is 3.12. The summed E-state index contributed by atoms with van der Waals surface area (Å²) in [6, 6.07) is 4.05. The molecule has 2 bridgehead atoms. The molecule has 2 aliphatic rings. The summed E-state index contributed by atoms with van der Waals surface area (Å²) >= 11 is 0. The van der Waals surface area contributed by atoms with Gasteiger partial charge in [-0.2, -0.15) is 0 Å². The van der Waals surface area contributed by atoms with Gasteiger partial charge in [0.25, 0.3) is 5.91 Å². The van der Waals surface area contributed by atoms with Crippen LogP contribution in [0.25, 0.3) is 0 Å². The first-order chi connectivity index (χ1) is 8.89. The van der Waals surface area contributed by atoms with Crippen LogP contribution in [-0.4, -0.2) is 28.4 Å². The van der Waals surface area contributed by atoms with Gasteiger partial charge in [-0.1, -0.05) is 20.8 Å². The molecule has 1 saturated heterocycles. The van der Waals surface area contributed by atoms with E-state index in [0.717, 1.165) is 24.9 Å². The first-order valence-electron chi connectivity index (χ1n) is 7.10. The standard InChI is InChI=1S/C16H22N2O/c1-15(2)8-13-9-16(3,10-15)11-18(13)14(19)12-4-6-17-7-5-12/h4-7,13H,8-11H2,1-3H3/t13-,16+/m0/s1. The Morgan fingerprint density at radius 1 is 1.26 bits per heavy atom. The lowest BCUT2D eigenvalue weighted by atomic mass is 9.65. The molecule has 3 heteroatoms. The van der Waals surface area contributed by atoms with Crippen molar-refractivity contribution in [3.8, 4) is 0 Å². The van der Waals surface area contributed by atoms with Crippen molar-refractivity contribution in [1.29, 1.82) is 0 Å². The minimum atomic E-state index is 0.175. The number of hydrogen-bond acceptors (Lipinski definition) is 2. The Balaban J connectivity index is 1.86. The van der Waals surface area contributed by atoms with Crippen LogP contribution in [0.2, 0.25) is 0 Å². The Labute approximate surface area is 115 Å². The quantitative estimate of drug-likeness (QED) is 0.775. The van der Waals surface area contributed by atoms with Gasteiger partial charge >= 0.3 is 0 Å². The molecule has 3 rings (SSSR count). The van der Waals surface area contributed by atoms with Crippen LogP contribution in [0.3, 0.4) is 0 Å². The molecule has 1 aromatic heterocycles. The molecule has 1 saturated carbocycles. The Hall–Kier alpha value is -1.38. The molecular formula is C16H22N2O. The van der Waals surface area contributed by atoms with Crippen molar-refractivity contribution in [2.45, 2.75) is 46.1 Å². The zero-order chi connectivity index (χ0) is 13.7. The van der Waals surface area contributed by atoms with E-state index in [0.29, 0.717) is 16.9 Å². The first kappa shape index (κ1) is 12.6. The maximum atomic E-state index is 12.6. The summed E-state index contributed by atoms with van der Waals surface area (Å²) < 4.78 is 0. The van der Waals surface area contributed by atoms with Gasteiger partial charge in [-0.15, -0.1) is 0 Å². The number of aromatic nitrogens is 1. The van der Waals surface area contributed by atoms with E-state index in [1.807, 2.05) is 12.1 Å². The monoisotopic (exact) mass is 258 g/mol. The van der Waals surface area contributed by atoms with Gasteiger partial charge in [-0.25, -0.2) is 0 Å². The molecule has 19 heavy (non-hydrogen) atoms. The Kier molecular flexibility index (Phi) is 2.70. The first-order valence-corrected chi connectivity index (χ1v) is 7.10. The average Bonchev–Trinajstić information content (AvgIpc) is 2.59. The third-order valence-electron chi connectivity index (χ3n) is 4.60. The number of carbonyl (C=O) groups excluding carboxylic acids is 1. The highest BCUT2D eigenvalue weighted by molar-refractivity contribution is 5.94. The maximum absolute atomic E-state index is 12.6. The molecule has 3 nitrogen and oxygen atoms in total. The summed E-state index contributed by atoms with van der Waals surface area (Å²) in [6.07, 6.45) is 6.89. The van der Waals surface area contributed by atoms with Gasteiger partial charge < -0.3 is 4.90 Å². The molecule has 1 amide bonds. The number of rotatable bonds is 1. The molecule has 0 radical (unpaired) electrons. The van der Waals surface area contributed by atoms with Crippen LogP contribution >= 0.6 is 0 Å². The highest BCUT2D eigenvalue weighted by atomic mass is 16.2. The summed E-state index contributed by atoms with van der Waals surface area (Å²) in [5.74, 6) is 0.175. The fourth-order valence-electron chi connectivity index (χ4n) is 4.36. The van der Waals surface area contributed by atoms with Crippen molar-refractivity contribution in [3.63, 3.8) is 0 Å². The second kappa shape index (κ2) is 4.06. The van der Waals surface area contributed by atoms with Crippen molar-refractivity contribution in [3.05, 3.63) is 30.1 Å². The van der Waals surface area contributed by atoms with E-state index in [1.54, 1.807) is 12.4 Å². The molecule has 0 aromatic carbocycles. The van der Waals surface area contributed by atoms with Gasteiger partial charge in [0.05, 0.1) is 0 Å². The minimum Gasteiger partial charge on any atom is -0.335 e. The summed E-state index contributed by atoms with van der Waals surface area (Å²) in [4.78, 5) is 18.7. The number of hydrogen-bond donors (Lipinski definition) is 0. The fourth-order valence-corrected chi connectivity index (χ4v) is 4.36. The molecule has 1 aliphatic heterocycles. The lowest BCUT2D eigenvalue weighted by Crippen LogP contribution is -2.37. The smallest absolute Gasteiger partial charge is 0.254 e. The second-order valence-corrected chi connectivity index (χ2v) is 7.38. The Morgan fingerprint density at radius 2 is 1.95 bits per heavy atom. The number of nitrogens with zero attached hydrogens (tertiary/aromatic N) is 2. The van der Waals surface area contributed by atoms with Gasteiger partial charge in [-0.3, -0.25) is 9.78 Å². The van der Waals surface area contributed by atoms with Crippen LogP contribution in [0.4, 0.5) is 0 Å². The van der Waals surface area contributed by atoms with Crippen LogP contribution in [0.5, 0.6) is 0 Å². The zero-order valence-corrected chi connectivity index (χ0v) is 12.0. The van der Waals surface area contributed by atoms with E-state index in [1.165, 1.54) is 6.42 Å². The molecule has 0 N–H and O–H groups in total. The van der Waals surface area contributed by atoms with Crippen molar-refractivity contribution in [2.75, 3.05) is 6.54 Å². The number of likely N-dealkylation sites (tertiary alicyclic amines) is 1. The average molecular weight is 258 g/mol. The second-order valence-electron chi connectivity index (χ2n) is 7.38. The summed E-state index contributed by atoms with van der Waals surface area (Å²) in [5, 5.41) is 0. The summed E-state index contributed by atoms with van der Waals surface area (Å²) in [6.45, 7) is 7.90. The zero-order valence-electron chi connectivity index (χ0n) is 12.0. The molecule has 0 unspecified atom stereocenters. The molecule has 2 fully saturated rings. The largest absolute Gasteiger partial charge is 0.335 e. The third-order valence-corrected chi connectivity index (χ3v) is 4.60. The molecular weight excluding hydrogens is 236 g/mol. The van der Waals surface area contributed by atoms with E-state index in [9.17, 15) is 4.79 Å². The van der Waals surface area contributed by atoms with Crippen molar-refractivity contribution in [2.24, 2.45) is 10.8 Å². The van der Waals surface area contributed by atoms with Crippen LogP contribution in [0.15, 0.2) is 24.5 Å². The number of amides is 1. The molecule has 2 atom stereocenters. The van der Waals surface area contributed by atoms with E-state index >= 15 is 0 Å². The van der Waals surface area contributed by atoms with Crippen molar-refractivity contribution < 1.29 is 4.79 Å². The molecule has 1 aliphatic carbocycles. The molecule has 2 heterocycles. The molecule has 102 valence electrons. The van der Waals surface area contributed by atoms with Gasteiger partial charge in [0.2, 0.25) is 0 Å². The maximum Gasteiger partial charge on any atom is 0.254 e. The van der Waals surface area contributed by atoms with Crippen LogP contribution in [-0.2, 0) is 0 Å². The van der Waals surface area contributed by atoms with E-state index in [-0.39, 0.29) is 5.91 Å². The minimum absolute atomic E-state index is 0.175. The van der Waals surface area contributed by atoms with Crippen LogP contribution in [0, 0.1) is 10.8 Å². The lowest BCUT2D eigenvalue weighted by molar-refractivity contribution is 0.0708. The summed E-state index contributed by atoms with van der Waals surface area (Å²) in [7, 11) is 0. The van der Waals surface area contributed by atoms with Crippen molar-refractivity contribution >= 4 is 5.91 Å². The van der Waals surface area contributed by atoms with Gasteiger partial charge in [0, 0.05) is 30.5 Å². The van der Waals surface area contributed by atoms with Crippen LogP contribution in [0.1, 0.15) is 50.4 Å². The topological polar surface area (TPSA) is 33.2 Å². The fraction of sp³-hybridized carbons (Fsp3) is 0.625. The van der Waals surface area contributed by atoms with Crippen molar-refractivity contribution in [1.82, 2.24) is 9.88 Å². The Morgan fingerprint density at radius 3 is 2.63 bits per heavy atom. The van der Waals surface area contributed by atoms with Crippen LogP contribution < -0.4 is 0 Å². The molecule has 1 aromatic rings. The van der Waals surface area contributed by atoms with E-state index in [4.69, 9.17) is 0 Å². The normalized spacial score (nSPS) is 32.4. The van der Waals surface area contributed by atoms with Gasteiger partial charge in [0.1, 0.15) is 0 Å². The van der Waals surface area contributed by atoms with Gasteiger partial charge in [0.15, 0.2) is 0 Å². The number of carbonyl (C=O) groups is 1. The predicted molar refractivity (Wildman–Crippen MR) is 74.8 cm³/mol. The number of pyridine rings is 1. The van der Waals surface area contributed by atoms with E-state index < -0.39 is 0 Å². The SMILES string of the molecule is CC1(C)C[C@H]2C[C@@](C)(CN2C(=O)c2ccncc2)C1. The number of fused-ring (bicyclic) bond motifs is 2. The molecule has 0 spiro atoms. The highest BCUT2D eigenvalue weighted by Gasteiger charge is 2.50.